The first-order chi connectivity index (χ1) is 10.7. The van der Waals surface area contributed by atoms with Crippen molar-refractivity contribution in [2.75, 3.05) is 20.6 Å². The molecule has 0 atom stereocenters. The van der Waals surface area contributed by atoms with Crippen LogP contribution in [0.2, 0.25) is 0 Å². The van der Waals surface area contributed by atoms with Crippen LogP contribution < -0.4 is 5.56 Å². The normalized spacial score (nSPS) is 11.9. The molecule has 1 aromatic carbocycles. The van der Waals surface area contributed by atoms with Crippen molar-refractivity contribution in [2.45, 2.75) is 12.7 Å². The second-order valence-electron chi connectivity index (χ2n) is 5.34. The summed E-state index contributed by atoms with van der Waals surface area (Å²) < 4.78 is 39.2. The third kappa shape index (κ3) is 3.89. The molecule has 0 aliphatic carbocycles. The molecule has 1 heterocycles. The molecule has 0 saturated heterocycles. The third-order valence-electron chi connectivity index (χ3n) is 3.30. The average molecular weight is 327 g/mol. The van der Waals surface area contributed by atoms with Crippen molar-refractivity contribution in [1.29, 1.82) is 0 Å². The topological polar surface area (TPSA) is 58.4 Å². The lowest BCUT2D eigenvalue weighted by atomic mass is 10.0. The van der Waals surface area contributed by atoms with E-state index in [-0.39, 0.29) is 11.1 Å². The van der Waals surface area contributed by atoms with Crippen molar-refractivity contribution in [3.8, 4) is 16.9 Å². The van der Waals surface area contributed by atoms with Gasteiger partial charge >= 0.3 is 6.18 Å². The number of hydrogen-bond acceptors (Lipinski definition) is 4. The van der Waals surface area contributed by atoms with Gasteiger partial charge in [0, 0.05) is 24.8 Å². The molecule has 0 amide bonds. The van der Waals surface area contributed by atoms with Crippen LogP contribution >= 0.6 is 0 Å². The molecule has 0 saturated carbocycles. The number of benzene rings is 1. The number of alkyl halides is 3. The lowest BCUT2D eigenvalue weighted by Crippen LogP contribution is -2.27. The van der Waals surface area contributed by atoms with Crippen molar-refractivity contribution in [3.05, 3.63) is 46.6 Å². The van der Waals surface area contributed by atoms with E-state index >= 15 is 0 Å². The summed E-state index contributed by atoms with van der Waals surface area (Å²) in [5.41, 5.74) is -1.32. The standard InChI is InChI=1S/C15H16F3N3O2/c1-20(2)5-6-21-9-19-8-12(14(21)23)11-4-3-10(7-13(11)22)15(16,17)18/h3-4,7-9,22H,5-6H2,1-2H3. The predicted octanol–water partition coefficient (Wildman–Crippen LogP) is 2.20. The maximum atomic E-state index is 12.6. The monoisotopic (exact) mass is 327 g/mol. The molecule has 0 aliphatic heterocycles. The van der Waals surface area contributed by atoms with Gasteiger partial charge in [0.15, 0.2) is 0 Å². The highest BCUT2D eigenvalue weighted by Crippen LogP contribution is 2.35. The molecule has 23 heavy (non-hydrogen) atoms. The summed E-state index contributed by atoms with van der Waals surface area (Å²) >= 11 is 0. The van der Waals surface area contributed by atoms with Gasteiger partial charge in [-0.05, 0) is 32.3 Å². The third-order valence-corrected chi connectivity index (χ3v) is 3.30. The quantitative estimate of drug-likeness (QED) is 0.935. The van der Waals surface area contributed by atoms with Crippen LogP contribution in [-0.2, 0) is 12.7 Å². The second kappa shape index (κ2) is 6.41. The minimum Gasteiger partial charge on any atom is -0.507 e. The summed E-state index contributed by atoms with van der Waals surface area (Å²) in [5.74, 6) is -0.607. The zero-order chi connectivity index (χ0) is 17.2. The lowest BCUT2D eigenvalue weighted by Gasteiger charge is -2.13. The van der Waals surface area contributed by atoms with Crippen LogP contribution in [0.5, 0.6) is 5.75 Å². The highest BCUT2D eigenvalue weighted by molar-refractivity contribution is 5.69. The van der Waals surface area contributed by atoms with E-state index in [0.29, 0.717) is 19.2 Å². The van der Waals surface area contributed by atoms with Crippen LogP contribution in [0, 0.1) is 0 Å². The average Bonchev–Trinajstić information content (AvgIpc) is 2.45. The van der Waals surface area contributed by atoms with Crippen LogP contribution in [-0.4, -0.2) is 40.2 Å². The Morgan fingerprint density at radius 2 is 1.96 bits per heavy atom. The van der Waals surface area contributed by atoms with Crippen LogP contribution in [0.15, 0.2) is 35.5 Å². The largest absolute Gasteiger partial charge is 0.507 e. The molecule has 0 aliphatic rings. The Morgan fingerprint density at radius 3 is 2.52 bits per heavy atom. The summed E-state index contributed by atoms with van der Waals surface area (Å²) in [5, 5.41) is 9.86. The Hall–Kier alpha value is -2.35. The van der Waals surface area contributed by atoms with E-state index in [2.05, 4.69) is 4.98 Å². The van der Waals surface area contributed by atoms with Gasteiger partial charge in [0.1, 0.15) is 5.75 Å². The highest BCUT2D eigenvalue weighted by Gasteiger charge is 2.31. The van der Waals surface area contributed by atoms with Crippen molar-refractivity contribution in [3.63, 3.8) is 0 Å². The van der Waals surface area contributed by atoms with E-state index in [1.54, 1.807) is 0 Å². The van der Waals surface area contributed by atoms with Gasteiger partial charge in [-0.2, -0.15) is 13.2 Å². The molecule has 0 fully saturated rings. The Bertz CT molecular complexity index is 754. The molecule has 124 valence electrons. The summed E-state index contributed by atoms with van der Waals surface area (Å²) in [6, 6.07) is 2.50. The van der Waals surface area contributed by atoms with Gasteiger partial charge in [-0.15, -0.1) is 0 Å². The summed E-state index contributed by atoms with van der Waals surface area (Å²) in [4.78, 5) is 18.2. The molecule has 0 bridgehead atoms. The Labute approximate surface area is 130 Å². The smallest absolute Gasteiger partial charge is 0.416 e. The number of aromatic nitrogens is 2. The van der Waals surface area contributed by atoms with E-state index in [9.17, 15) is 23.1 Å². The van der Waals surface area contributed by atoms with E-state index in [1.807, 2.05) is 19.0 Å². The first kappa shape index (κ1) is 17.0. The fraction of sp³-hybridized carbons (Fsp3) is 0.333. The number of rotatable bonds is 4. The van der Waals surface area contributed by atoms with Gasteiger partial charge in [-0.25, -0.2) is 4.98 Å². The predicted molar refractivity (Wildman–Crippen MR) is 79.2 cm³/mol. The molecule has 5 nitrogen and oxygen atoms in total. The van der Waals surface area contributed by atoms with Crippen LogP contribution in [0.3, 0.4) is 0 Å². The van der Waals surface area contributed by atoms with Crippen molar-refractivity contribution in [2.24, 2.45) is 0 Å². The molecule has 1 aromatic heterocycles. The second-order valence-corrected chi connectivity index (χ2v) is 5.34. The number of phenols is 1. The first-order valence-corrected chi connectivity index (χ1v) is 6.80. The molecule has 8 heteroatoms. The molecule has 2 rings (SSSR count). The number of aromatic hydroxyl groups is 1. The van der Waals surface area contributed by atoms with Crippen molar-refractivity contribution in [1.82, 2.24) is 14.5 Å². The lowest BCUT2D eigenvalue weighted by molar-refractivity contribution is -0.137. The fourth-order valence-electron chi connectivity index (χ4n) is 2.04. The SMILES string of the molecule is CN(C)CCn1cncc(-c2ccc(C(F)(F)F)cc2O)c1=O. The molecule has 0 unspecified atom stereocenters. The molecular weight excluding hydrogens is 311 g/mol. The minimum atomic E-state index is -4.56. The Kier molecular flexibility index (Phi) is 4.74. The number of halogens is 3. The zero-order valence-electron chi connectivity index (χ0n) is 12.6. The number of likely N-dealkylation sites (N-methyl/N-ethyl adjacent to an activating group) is 1. The number of hydrogen-bond donors (Lipinski definition) is 1. The highest BCUT2D eigenvalue weighted by atomic mass is 19.4. The van der Waals surface area contributed by atoms with E-state index in [0.717, 1.165) is 12.1 Å². The Balaban J connectivity index is 2.43. The first-order valence-electron chi connectivity index (χ1n) is 6.80. The van der Waals surface area contributed by atoms with E-state index < -0.39 is 23.0 Å². The van der Waals surface area contributed by atoms with E-state index in [4.69, 9.17) is 0 Å². The maximum Gasteiger partial charge on any atom is 0.416 e. The van der Waals surface area contributed by atoms with Crippen LogP contribution in [0.25, 0.3) is 11.1 Å². The van der Waals surface area contributed by atoms with Crippen molar-refractivity contribution < 1.29 is 18.3 Å². The van der Waals surface area contributed by atoms with Gasteiger partial charge in [0.05, 0.1) is 17.5 Å². The fourth-order valence-corrected chi connectivity index (χ4v) is 2.04. The Morgan fingerprint density at radius 1 is 1.26 bits per heavy atom. The summed E-state index contributed by atoms with van der Waals surface area (Å²) in [6.07, 6.45) is -1.97. The summed E-state index contributed by atoms with van der Waals surface area (Å²) in [6.45, 7) is 0.984. The van der Waals surface area contributed by atoms with E-state index in [1.165, 1.54) is 17.1 Å². The van der Waals surface area contributed by atoms with Gasteiger partial charge in [0.25, 0.3) is 5.56 Å². The molecule has 1 N–H and O–H groups in total. The number of nitrogens with zero attached hydrogens (tertiary/aromatic N) is 3. The van der Waals surface area contributed by atoms with Gasteiger partial charge in [0.2, 0.25) is 0 Å². The van der Waals surface area contributed by atoms with Crippen LogP contribution in [0.1, 0.15) is 5.56 Å². The number of phenolic OH excluding ortho intramolecular Hbond substituents is 1. The molecule has 0 radical (unpaired) electrons. The van der Waals surface area contributed by atoms with Gasteiger partial charge < -0.3 is 10.0 Å². The molecule has 2 aromatic rings. The minimum absolute atomic E-state index is 0.0229. The molecule has 0 spiro atoms. The summed E-state index contributed by atoms with van der Waals surface area (Å²) in [7, 11) is 3.70. The van der Waals surface area contributed by atoms with Gasteiger partial charge in [-0.1, -0.05) is 0 Å². The van der Waals surface area contributed by atoms with Gasteiger partial charge in [-0.3, -0.25) is 9.36 Å². The van der Waals surface area contributed by atoms with Crippen LogP contribution in [0.4, 0.5) is 13.2 Å². The molecular formula is C15H16F3N3O2. The maximum absolute atomic E-state index is 12.6. The zero-order valence-corrected chi connectivity index (χ0v) is 12.6. The van der Waals surface area contributed by atoms with Crippen molar-refractivity contribution >= 4 is 0 Å².